The van der Waals surface area contributed by atoms with Crippen LogP contribution in [-0.2, 0) is 4.84 Å². The van der Waals surface area contributed by atoms with E-state index < -0.39 is 0 Å². The van der Waals surface area contributed by atoms with Gasteiger partial charge in [0, 0.05) is 5.56 Å². The van der Waals surface area contributed by atoms with Gasteiger partial charge >= 0.3 is 0 Å². The highest BCUT2D eigenvalue weighted by Gasteiger charge is 2.04. The predicted molar refractivity (Wildman–Crippen MR) is 50.4 cm³/mol. The fourth-order valence-electron chi connectivity index (χ4n) is 1.03. The Morgan fingerprint density at radius 2 is 2.00 bits per heavy atom. The van der Waals surface area contributed by atoms with Crippen LogP contribution in [0, 0.1) is 13.8 Å². The summed E-state index contributed by atoms with van der Waals surface area (Å²) in [6.45, 7) is 3.98. The molecule has 1 amide bonds. The van der Waals surface area contributed by atoms with Gasteiger partial charge in [0.15, 0.2) is 0 Å². The molecular weight excluding hydrogens is 166 g/mol. The molecule has 0 atom stereocenters. The lowest BCUT2D eigenvalue weighted by Gasteiger charge is -2.04. The van der Waals surface area contributed by atoms with Crippen molar-refractivity contribution in [1.82, 2.24) is 5.48 Å². The van der Waals surface area contributed by atoms with Crippen LogP contribution in [0.3, 0.4) is 0 Å². The van der Waals surface area contributed by atoms with Crippen molar-refractivity contribution in [2.45, 2.75) is 13.8 Å². The van der Waals surface area contributed by atoms with E-state index in [9.17, 15) is 4.79 Å². The topological polar surface area (TPSA) is 38.3 Å². The minimum Gasteiger partial charge on any atom is -0.277 e. The first-order valence-corrected chi connectivity index (χ1v) is 4.05. The highest BCUT2D eigenvalue weighted by Crippen LogP contribution is 2.09. The van der Waals surface area contributed by atoms with Crippen LogP contribution in [0.4, 0.5) is 0 Å². The van der Waals surface area contributed by atoms with E-state index in [-0.39, 0.29) is 5.91 Å². The largest absolute Gasteiger partial charge is 0.277 e. The van der Waals surface area contributed by atoms with E-state index in [0.29, 0.717) is 5.56 Å². The second kappa shape index (κ2) is 4.05. The van der Waals surface area contributed by atoms with Gasteiger partial charge in [-0.1, -0.05) is 6.07 Å². The van der Waals surface area contributed by atoms with Gasteiger partial charge < -0.3 is 0 Å². The molecule has 0 heterocycles. The molecule has 0 saturated heterocycles. The van der Waals surface area contributed by atoms with Crippen LogP contribution in [0.25, 0.3) is 0 Å². The molecule has 0 aliphatic carbocycles. The van der Waals surface area contributed by atoms with E-state index in [1.807, 2.05) is 26.0 Å². The summed E-state index contributed by atoms with van der Waals surface area (Å²) in [5.41, 5.74) is 5.16. The molecular formula is C10H13NO2. The van der Waals surface area contributed by atoms with E-state index >= 15 is 0 Å². The monoisotopic (exact) mass is 179 g/mol. The molecule has 0 fully saturated rings. The third-order valence-electron chi connectivity index (χ3n) is 1.96. The molecule has 0 bridgehead atoms. The molecule has 1 N–H and O–H groups in total. The van der Waals surface area contributed by atoms with Crippen molar-refractivity contribution in [3.63, 3.8) is 0 Å². The Bertz CT molecular complexity index is 321. The molecule has 1 aromatic rings. The summed E-state index contributed by atoms with van der Waals surface area (Å²) in [7, 11) is 1.42. The fraction of sp³-hybridized carbons (Fsp3) is 0.300. The standard InChI is InChI=1S/C10H13NO2/c1-7-4-5-9(6-8(7)2)10(12)11-13-3/h4-6H,1-3H3,(H,11,12). The number of carbonyl (C=O) groups excluding carboxylic acids is 1. The SMILES string of the molecule is CONC(=O)c1ccc(C)c(C)c1. The summed E-state index contributed by atoms with van der Waals surface area (Å²) in [5, 5.41) is 0. The van der Waals surface area contributed by atoms with Gasteiger partial charge in [-0.15, -0.1) is 0 Å². The molecule has 1 rings (SSSR count). The number of aryl methyl sites for hydroxylation is 2. The lowest BCUT2D eigenvalue weighted by Crippen LogP contribution is -2.21. The van der Waals surface area contributed by atoms with Gasteiger partial charge in [0.05, 0.1) is 7.11 Å². The van der Waals surface area contributed by atoms with Gasteiger partial charge in [-0.25, -0.2) is 5.48 Å². The Labute approximate surface area is 77.7 Å². The number of hydroxylamine groups is 1. The number of nitrogens with one attached hydrogen (secondary N) is 1. The lowest BCUT2D eigenvalue weighted by atomic mass is 10.1. The van der Waals surface area contributed by atoms with Crippen molar-refractivity contribution in [2.24, 2.45) is 0 Å². The first-order valence-electron chi connectivity index (χ1n) is 4.05. The summed E-state index contributed by atoms with van der Waals surface area (Å²) >= 11 is 0. The minimum absolute atomic E-state index is 0.217. The average molecular weight is 179 g/mol. The second-order valence-electron chi connectivity index (χ2n) is 2.93. The average Bonchev–Trinajstić information content (AvgIpc) is 2.10. The zero-order valence-electron chi connectivity index (χ0n) is 8.05. The fourth-order valence-corrected chi connectivity index (χ4v) is 1.03. The Morgan fingerprint density at radius 3 is 2.54 bits per heavy atom. The Hall–Kier alpha value is -1.35. The van der Waals surface area contributed by atoms with E-state index in [1.54, 1.807) is 6.07 Å². The van der Waals surface area contributed by atoms with Crippen LogP contribution in [-0.4, -0.2) is 13.0 Å². The molecule has 70 valence electrons. The Morgan fingerprint density at radius 1 is 1.31 bits per heavy atom. The maximum atomic E-state index is 11.3. The van der Waals surface area contributed by atoms with Crippen molar-refractivity contribution in [2.75, 3.05) is 7.11 Å². The number of rotatable bonds is 2. The Kier molecular flexibility index (Phi) is 3.03. The van der Waals surface area contributed by atoms with Gasteiger partial charge in [0.1, 0.15) is 0 Å². The minimum atomic E-state index is -0.217. The quantitative estimate of drug-likeness (QED) is 0.700. The first kappa shape index (κ1) is 9.74. The maximum Gasteiger partial charge on any atom is 0.274 e. The second-order valence-corrected chi connectivity index (χ2v) is 2.93. The molecule has 1 aromatic carbocycles. The molecule has 3 nitrogen and oxygen atoms in total. The van der Waals surface area contributed by atoms with E-state index in [1.165, 1.54) is 12.7 Å². The van der Waals surface area contributed by atoms with Crippen molar-refractivity contribution in [3.8, 4) is 0 Å². The molecule has 13 heavy (non-hydrogen) atoms. The lowest BCUT2D eigenvalue weighted by molar-refractivity contribution is 0.0537. The van der Waals surface area contributed by atoms with Crippen molar-refractivity contribution in [3.05, 3.63) is 34.9 Å². The van der Waals surface area contributed by atoms with Crippen LogP contribution < -0.4 is 5.48 Å². The normalized spacial score (nSPS) is 9.77. The molecule has 0 aliphatic heterocycles. The predicted octanol–water partition coefficient (Wildman–Crippen LogP) is 1.59. The summed E-state index contributed by atoms with van der Waals surface area (Å²) in [6, 6.07) is 5.53. The van der Waals surface area contributed by atoms with Crippen LogP contribution in [0.5, 0.6) is 0 Å². The first-order chi connectivity index (χ1) is 6.15. The van der Waals surface area contributed by atoms with Crippen LogP contribution in [0.2, 0.25) is 0 Å². The van der Waals surface area contributed by atoms with Gasteiger partial charge in [-0.3, -0.25) is 9.63 Å². The van der Waals surface area contributed by atoms with Gasteiger partial charge in [0.2, 0.25) is 0 Å². The van der Waals surface area contributed by atoms with Crippen LogP contribution in [0.1, 0.15) is 21.5 Å². The zero-order chi connectivity index (χ0) is 9.84. The van der Waals surface area contributed by atoms with E-state index in [0.717, 1.165) is 5.56 Å². The van der Waals surface area contributed by atoms with Gasteiger partial charge in [-0.2, -0.15) is 0 Å². The molecule has 3 heteroatoms. The Balaban J connectivity index is 2.90. The third-order valence-corrected chi connectivity index (χ3v) is 1.96. The van der Waals surface area contributed by atoms with E-state index in [2.05, 4.69) is 10.3 Å². The number of hydrogen-bond acceptors (Lipinski definition) is 2. The van der Waals surface area contributed by atoms with Gasteiger partial charge in [0.25, 0.3) is 5.91 Å². The number of carbonyl (C=O) groups is 1. The maximum absolute atomic E-state index is 11.3. The number of benzene rings is 1. The van der Waals surface area contributed by atoms with E-state index in [4.69, 9.17) is 0 Å². The summed E-state index contributed by atoms with van der Waals surface area (Å²) in [4.78, 5) is 15.8. The van der Waals surface area contributed by atoms with Gasteiger partial charge in [-0.05, 0) is 37.1 Å². The summed E-state index contributed by atoms with van der Waals surface area (Å²) in [6.07, 6.45) is 0. The highest BCUT2D eigenvalue weighted by atomic mass is 16.6. The number of hydrogen-bond donors (Lipinski definition) is 1. The molecule has 0 unspecified atom stereocenters. The molecule has 0 saturated carbocycles. The van der Waals surface area contributed by atoms with Crippen molar-refractivity contribution < 1.29 is 9.63 Å². The molecule has 0 aliphatic rings. The molecule has 0 aromatic heterocycles. The third kappa shape index (κ3) is 2.29. The summed E-state index contributed by atoms with van der Waals surface area (Å²) < 4.78 is 0. The molecule has 0 spiro atoms. The highest BCUT2D eigenvalue weighted by molar-refractivity contribution is 5.93. The van der Waals surface area contributed by atoms with Crippen LogP contribution >= 0.6 is 0 Å². The van der Waals surface area contributed by atoms with Crippen molar-refractivity contribution in [1.29, 1.82) is 0 Å². The number of amides is 1. The van der Waals surface area contributed by atoms with Crippen LogP contribution in [0.15, 0.2) is 18.2 Å². The van der Waals surface area contributed by atoms with Crippen molar-refractivity contribution >= 4 is 5.91 Å². The molecule has 0 radical (unpaired) electrons. The zero-order valence-corrected chi connectivity index (χ0v) is 8.05. The smallest absolute Gasteiger partial charge is 0.274 e. The summed E-state index contributed by atoms with van der Waals surface area (Å²) in [5.74, 6) is -0.217.